The number of aliphatic hydroxyl groups excluding tert-OH is 1. The van der Waals surface area contributed by atoms with Gasteiger partial charge in [-0.2, -0.15) is 4.98 Å². The van der Waals surface area contributed by atoms with Crippen LogP contribution in [0.1, 0.15) is 24.3 Å². The lowest BCUT2D eigenvalue weighted by Gasteiger charge is -2.40. The minimum atomic E-state index is -0.249. The topological polar surface area (TPSA) is 65.4 Å². The molecule has 0 spiro atoms. The van der Waals surface area contributed by atoms with E-state index in [1.807, 2.05) is 24.5 Å². The van der Waals surface area contributed by atoms with Crippen molar-refractivity contribution in [1.82, 2.24) is 15.0 Å². The first-order valence-corrected chi connectivity index (χ1v) is 8.20. The molecule has 0 unspecified atom stereocenters. The number of aromatic nitrogens is 3. The van der Waals surface area contributed by atoms with Gasteiger partial charge in [0.05, 0.1) is 6.10 Å². The van der Waals surface area contributed by atoms with Gasteiger partial charge in [-0.15, -0.1) is 0 Å². The largest absolute Gasteiger partial charge is 0.391 e. The molecule has 6 heteroatoms. The van der Waals surface area contributed by atoms with Crippen LogP contribution in [0.25, 0.3) is 0 Å². The van der Waals surface area contributed by atoms with Crippen molar-refractivity contribution in [3.05, 3.63) is 42.4 Å². The van der Waals surface area contributed by atoms with E-state index in [0.29, 0.717) is 12.5 Å². The highest BCUT2D eigenvalue weighted by atomic mass is 16.3. The maximum atomic E-state index is 9.84. The van der Waals surface area contributed by atoms with Gasteiger partial charge in [0.1, 0.15) is 5.82 Å². The summed E-state index contributed by atoms with van der Waals surface area (Å²) in [6.07, 6.45) is 7.20. The molecular weight excluding hydrogens is 290 g/mol. The van der Waals surface area contributed by atoms with Crippen LogP contribution in [0.15, 0.2) is 36.8 Å². The number of aliphatic hydroxyl groups is 1. The monoisotopic (exact) mass is 311 g/mol. The van der Waals surface area contributed by atoms with E-state index in [9.17, 15) is 5.11 Å². The molecule has 2 aromatic rings. The summed E-state index contributed by atoms with van der Waals surface area (Å²) in [6, 6.07) is 6.04. The highest BCUT2D eigenvalue weighted by Crippen LogP contribution is 2.30. The zero-order valence-electron chi connectivity index (χ0n) is 13.0. The molecule has 4 rings (SSSR count). The molecule has 120 valence electrons. The van der Waals surface area contributed by atoms with Crippen molar-refractivity contribution in [1.29, 1.82) is 0 Å². The van der Waals surface area contributed by atoms with Crippen molar-refractivity contribution >= 4 is 11.8 Å². The Morgan fingerprint density at radius 1 is 1.09 bits per heavy atom. The van der Waals surface area contributed by atoms with Crippen LogP contribution in [0, 0.1) is 0 Å². The van der Waals surface area contributed by atoms with E-state index in [4.69, 9.17) is 4.98 Å². The second kappa shape index (κ2) is 6.12. The van der Waals surface area contributed by atoms with Crippen LogP contribution in [0.5, 0.6) is 0 Å². The number of pyridine rings is 1. The number of β-amino-alcohol motifs (C(OH)–C–C–N with tert-alkyl or cyclic N) is 1. The van der Waals surface area contributed by atoms with E-state index in [1.54, 1.807) is 6.20 Å². The fraction of sp³-hybridized carbons (Fsp3) is 0.471. The zero-order valence-corrected chi connectivity index (χ0v) is 13.0. The molecule has 0 amide bonds. The van der Waals surface area contributed by atoms with Crippen LogP contribution in [-0.4, -0.2) is 52.3 Å². The molecule has 0 bridgehead atoms. The second-order valence-corrected chi connectivity index (χ2v) is 6.35. The molecule has 0 aromatic carbocycles. The summed E-state index contributed by atoms with van der Waals surface area (Å²) in [5.41, 5.74) is 1.28. The number of hydrogen-bond acceptors (Lipinski definition) is 6. The smallest absolute Gasteiger partial charge is 0.227 e. The number of rotatable bonds is 3. The number of anilines is 2. The summed E-state index contributed by atoms with van der Waals surface area (Å²) in [5, 5.41) is 9.84. The van der Waals surface area contributed by atoms with Gasteiger partial charge in [-0.05, 0) is 30.5 Å². The van der Waals surface area contributed by atoms with E-state index < -0.39 is 0 Å². The lowest BCUT2D eigenvalue weighted by atomic mass is 9.93. The van der Waals surface area contributed by atoms with Gasteiger partial charge in [-0.25, -0.2) is 4.98 Å². The highest BCUT2D eigenvalue weighted by molar-refractivity contribution is 5.47. The third-order valence-corrected chi connectivity index (χ3v) is 4.67. The van der Waals surface area contributed by atoms with E-state index in [-0.39, 0.29) is 6.10 Å². The van der Waals surface area contributed by atoms with Gasteiger partial charge in [-0.1, -0.05) is 6.07 Å². The normalized spacial score (nSPS) is 22.0. The van der Waals surface area contributed by atoms with Gasteiger partial charge < -0.3 is 14.9 Å². The first kappa shape index (κ1) is 14.4. The first-order chi connectivity index (χ1) is 11.3. The van der Waals surface area contributed by atoms with E-state index in [0.717, 1.165) is 44.2 Å². The van der Waals surface area contributed by atoms with Gasteiger partial charge in [0.2, 0.25) is 5.95 Å². The fourth-order valence-corrected chi connectivity index (χ4v) is 3.30. The summed E-state index contributed by atoms with van der Waals surface area (Å²) < 4.78 is 0. The summed E-state index contributed by atoms with van der Waals surface area (Å²) in [6.45, 7) is 3.47. The Balaban J connectivity index is 1.44. The van der Waals surface area contributed by atoms with Crippen molar-refractivity contribution in [2.45, 2.75) is 24.9 Å². The molecule has 2 aliphatic rings. The van der Waals surface area contributed by atoms with Gasteiger partial charge in [-0.3, -0.25) is 4.98 Å². The third-order valence-electron chi connectivity index (χ3n) is 4.67. The van der Waals surface area contributed by atoms with Gasteiger partial charge >= 0.3 is 0 Å². The molecule has 2 saturated heterocycles. The molecule has 1 N–H and O–H groups in total. The van der Waals surface area contributed by atoms with Crippen molar-refractivity contribution in [2.75, 3.05) is 36.0 Å². The van der Waals surface area contributed by atoms with Crippen molar-refractivity contribution < 1.29 is 5.11 Å². The predicted molar refractivity (Wildman–Crippen MR) is 88.7 cm³/mol. The molecule has 0 aliphatic carbocycles. The van der Waals surface area contributed by atoms with E-state index >= 15 is 0 Å². The first-order valence-electron chi connectivity index (χ1n) is 8.20. The van der Waals surface area contributed by atoms with E-state index in [2.05, 4.69) is 25.8 Å². The number of hydrogen-bond donors (Lipinski definition) is 1. The molecule has 4 heterocycles. The van der Waals surface area contributed by atoms with Crippen LogP contribution in [-0.2, 0) is 0 Å². The van der Waals surface area contributed by atoms with E-state index in [1.165, 1.54) is 5.56 Å². The van der Waals surface area contributed by atoms with Crippen LogP contribution < -0.4 is 9.80 Å². The lowest BCUT2D eigenvalue weighted by molar-refractivity contribution is 0.154. The molecule has 2 fully saturated rings. The maximum Gasteiger partial charge on any atom is 0.227 e. The van der Waals surface area contributed by atoms with Gasteiger partial charge in [0.25, 0.3) is 0 Å². The molecule has 2 aromatic heterocycles. The van der Waals surface area contributed by atoms with Crippen molar-refractivity contribution in [3.8, 4) is 0 Å². The van der Waals surface area contributed by atoms with Crippen molar-refractivity contribution in [3.63, 3.8) is 0 Å². The summed E-state index contributed by atoms with van der Waals surface area (Å²) in [7, 11) is 0. The fourth-order valence-electron chi connectivity index (χ4n) is 3.30. The molecule has 0 radical (unpaired) electrons. The minimum Gasteiger partial charge on any atom is -0.391 e. The van der Waals surface area contributed by atoms with Crippen LogP contribution in [0.2, 0.25) is 0 Å². The Kier molecular flexibility index (Phi) is 3.83. The Labute approximate surface area is 135 Å². The quantitative estimate of drug-likeness (QED) is 0.925. The number of piperidine rings is 1. The zero-order chi connectivity index (χ0) is 15.6. The standard InChI is InChI=1S/C17H21N5O/c23-15-4-2-8-21(12-15)16-5-7-19-17(20-16)22-10-14(11-22)13-3-1-6-18-9-13/h1,3,5-7,9,14-15,23H,2,4,8,10-12H2/t15-/m1/s1. The van der Waals surface area contributed by atoms with Gasteiger partial charge in [0, 0.05) is 50.7 Å². The maximum absolute atomic E-state index is 9.84. The molecule has 23 heavy (non-hydrogen) atoms. The average molecular weight is 311 g/mol. The van der Waals surface area contributed by atoms with Crippen LogP contribution >= 0.6 is 0 Å². The average Bonchev–Trinajstić information content (AvgIpc) is 2.55. The second-order valence-electron chi connectivity index (χ2n) is 6.35. The van der Waals surface area contributed by atoms with Crippen LogP contribution in [0.3, 0.4) is 0 Å². The summed E-state index contributed by atoms with van der Waals surface area (Å²) in [5.74, 6) is 2.20. The molecule has 6 nitrogen and oxygen atoms in total. The summed E-state index contributed by atoms with van der Waals surface area (Å²) >= 11 is 0. The molecule has 2 aliphatic heterocycles. The highest BCUT2D eigenvalue weighted by Gasteiger charge is 2.30. The molecule has 0 saturated carbocycles. The third kappa shape index (κ3) is 2.99. The Hall–Kier alpha value is -2.21. The predicted octanol–water partition coefficient (Wildman–Crippen LogP) is 1.44. The molecular formula is C17H21N5O. The van der Waals surface area contributed by atoms with Crippen LogP contribution in [0.4, 0.5) is 11.8 Å². The Morgan fingerprint density at radius 3 is 2.78 bits per heavy atom. The minimum absolute atomic E-state index is 0.249. The molecule has 1 atom stereocenters. The Morgan fingerprint density at radius 2 is 2.00 bits per heavy atom. The number of nitrogens with zero attached hydrogens (tertiary/aromatic N) is 5. The van der Waals surface area contributed by atoms with Gasteiger partial charge in [0.15, 0.2) is 0 Å². The summed E-state index contributed by atoms with van der Waals surface area (Å²) in [4.78, 5) is 17.6. The SMILES string of the molecule is O[C@@H]1CCCN(c2ccnc(N3CC(c4cccnc4)C3)n2)C1. The Bertz CT molecular complexity index is 659. The lowest BCUT2D eigenvalue weighted by Crippen LogP contribution is -2.46. The van der Waals surface area contributed by atoms with Crippen molar-refractivity contribution in [2.24, 2.45) is 0 Å².